The third-order valence-corrected chi connectivity index (χ3v) is 15.4. The van der Waals surface area contributed by atoms with Crippen molar-refractivity contribution >= 4 is 68.2 Å². The van der Waals surface area contributed by atoms with Crippen molar-refractivity contribution in [3.63, 3.8) is 0 Å². The molecule has 376 valence electrons. The van der Waals surface area contributed by atoms with Gasteiger partial charge in [-0.1, -0.05) is 24.3 Å². The number of methoxy groups -OCH3 is 4. The van der Waals surface area contributed by atoms with Gasteiger partial charge in [0.05, 0.1) is 60.3 Å². The number of hydrogen-bond acceptors (Lipinski definition) is 16. The summed E-state index contributed by atoms with van der Waals surface area (Å²) < 4.78 is 23.1. The molecule has 7 aliphatic rings. The van der Waals surface area contributed by atoms with E-state index < -0.39 is 54.3 Å². The predicted molar refractivity (Wildman–Crippen MR) is 281 cm³/mol. The normalized spacial score (nSPS) is 17.0. The van der Waals surface area contributed by atoms with Crippen molar-refractivity contribution in [3.8, 4) is 23.0 Å². The van der Waals surface area contributed by atoms with E-state index in [1.165, 1.54) is 12.1 Å². The Hall–Kier alpha value is -10.2. The molecule has 0 atom stereocenters. The number of ether oxygens (including phenoxy) is 4. The monoisotopic (exact) mass is 1020 g/mol. The minimum Gasteiger partial charge on any atom is -0.493 e. The molecule has 20 heteroatoms. The second-order valence-corrected chi connectivity index (χ2v) is 19.1. The minimum atomic E-state index is -0.663. The van der Waals surface area contributed by atoms with E-state index in [0.717, 1.165) is 78.9 Å². The second kappa shape index (κ2) is 16.6. The van der Waals surface area contributed by atoms with Crippen LogP contribution in [-0.2, 0) is 0 Å². The highest BCUT2D eigenvalue weighted by molar-refractivity contribution is 5.86. The van der Waals surface area contributed by atoms with Gasteiger partial charge in [-0.25, -0.2) is 0 Å². The van der Waals surface area contributed by atoms with Gasteiger partial charge in [0.15, 0.2) is 23.0 Å². The molecule has 1 heterocycles. The molecule has 0 saturated heterocycles. The van der Waals surface area contributed by atoms with Crippen molar-refractivity contribution in [1.29, 1.82) is 0 Å². The number of benzene rings is 8. The average Bonchev–Trinajstić information content (AvgIpc) is 3.58. The smallest absolute Gasteiger partial charge is 0.299 e. The van der Waals surface area contributed by atoms with Crippen LogP contribution < -0.4 is 40.2 Å². The molecular formula is C56H40N8O12. The molecule has 0 saturated carbocycles. The third kappa shape index (κ3) is 6.69. The highest BCUT2D eigenvalue weighted by Gasteiger charge is 2.45. The Labute approximate surface area is 430 Å². The molecule has 1 aliphatic heterocycles. The molecular weight excluding hydrogens is 977 g/mol. The molecule has 0 radical (unpaired) electrons. The van der Waals surface area contributed by atoms with Gasteiger partial charge < -0.3 is 40.2 Å². The number of fused-ring (bicyclic) bond motifs is 8. The summed E-state index contributed by atoms with van der Waals surface area (Å²) in [6.45, 7) is 0. The fourth-order valence-electron chi connectivity index (χ4n) is 12.3. The summed E-state index contributed by atoms with van der Waals surface area (Å²) in [7, 11) is 6.20. The number of nitrogens with zero attached hydrogens (tertiary/aromatic N) is 4. The summed E-state index contributed by atoms with van der Waals surface area (Å²) in [4.78, 5) is 48.6. The van der Waals surface area contributed by atoms with Gasteiger partial charge >= 0.3 is 0 Å². The fraction of sp³-hybridized carbons (Fsp3) is 0.143. The van der Waals surface area contributed by atoms with Gasteiger partial charge in [-0.3, -0.25) is 40.5 Å². The largest absolute Gasteiger partial charge is 0.493 e. The first-order valence-corrected chi connectivity index (χ1v) is 23.8. The summed E-state index contributed by atoms with van der Waals surface area (Å²) >= 11 is 0. The molecule has 8 aromatic carbocycles. The summed E-state index contributed by atoms with van der Waals surface area (Å²) in [5, 5.41) is 64.2. The molecule has 8 aromatic rings. The molecule has 15 rings (SSSR count). The Balaban J connectivity index is 1.04. The Morgan fingerprint density at radius 1 is 0.303 bits per heavy atom. The van der Waals surface area contributed by atoms with Crippen LogP contribution in [0.15, 0.2) is 121 Å². The SMILES string of the molecule is COc1cc2c(cc1OC)C1c3cc4ccc3C2c2ccc(cc21)Nc1cc(c([N+](=O)[O-])cc1[N+](=O)[O-])Nc1ccc2c(c1)C1c3cc(ccc3C2c2cc(OC)c(OC)cc21)Nc1cc(c([N+](=O)[O-])cc1[N+](=O)[O-])N4. The lowest BCUT2D eigenvalue weighted by Gasteiger charge is -2.43. The van der Waals surface area contributed by atoms with Gasteiger partial charge in [0.2, 0.25) is 0 Å². The third-order valence-electron chi connectivity index (χ3n) is 15.4. The van der Waals surface area contributed by atoms with Crippen LogP contribution in [0.3, 0.4) is 0 Å². The van der Waals surface area contributed by atoms with Crippen LogP contribution in [-0.4, -0.2) is 48.1 Å². The zero-order valence-corrected chi connectivity index (χ0v) is 40.5. The Bertz CT molecular complexity index is 3540. The standard InChI is InChI=1S/C56H40N8O12/c1-73-49-17-37-39(19-51(49)75-3)55-33-13-25-5-9-29(33)53(37)30-10-6-26(14-34(30)55)58-42-22-44(48(64(71)72)24-46(42)62(67)68)60-28-8-12-32-36(16-28)56-35-15-27(59-43-21-41(57-25)45(61(65)66)23-47(43)63(69)70)7-11-31(35)54(32)38-18-50(74-2)52(76-4)20-40(38)56/h5-24,53-60H,1-4H3. The molecule has 0 unspecified atom stereocenters. The summed E-state index contributed by atoms with van der Waals surface area (Å²) in [5.74, 6) is 0.379. The molecule has 6 aliphatic carbocycles. The first-order valence-electron chi connectivity index (χ1n) is 23.8. The molecule has 76 heavy (non-hydrogen) atoms. The van der Waals surface area contributed by atoms with Crippen LogP contribution in [0.4, 0.5) is 68.2 Å². The van der Waals surface area contributed by atoms with Crippen LogP contribution in [0, 0.1) is 40.5 Å². The van der Waals surface area contributed by atoms with Crippen LogP contribution in [0.1, 0.15) is 90.4 Å². The molecule has 4 N–H and O–H groups in total. The first kappa shape index (κ1) is 45.6. The molecule has 16 bridgehead atoms. The molecule has 20 nitrogen and oxygen atoms in total. The molecule has 0 amide bonds. The number of nitro groups is 4. The van der Waals surface area contributed by atoms with E-state index in [9.17, 15) is 40.5 Å². The number of nitro benzene ring substituents is 4. The summed E-state index contributed by atoms with van der Waals surface area (Å²) in [6, 6.07) is 35.0. The fourth-order valence-corrected chi connectivity index (χ4v) is 12.3. The second-order valence-electron chi connectivity index (χ2n) is 19.1. The zero-order valence-electron chi connectivity index (χ0n) is 40.5. The van der Waals surface area contributed by atoms with Crippen molar-refractivity contribution in [1.82, 2.24) is 0 Å². The van der Waals surface area contributed by atoms with Crippen LogP contribution in [0.25, 0.3) is 0 Å². The van der Waals surface area contributed by atoms with Gasteiger partial charge in [-0.15, -0.1) is 0 Å². The number of anilines is 8. The van der Waals surface area contributed by atoms with E-state index in [-0.39, 0.29) is 34.6 Å². The van der Waals surface area contributed by atoms with E-state index >= 15 is 0 Å². The highest BCUT2D eigenvalue weighted by atomic mass is 16.6. The topological polar surface area (TPSA) is 258 Å². The molecule has 0 fully saturated rings. The van der Waals surface area contributed by atoms with Gasteiger partial charge in [-0.2, -0.15) is 0 Å². The summed E-state index contributed by atoms with van der Waals surface area (Å²) in [6.07, 6.45) is 0. The maximum atomic E-state index is 12.8. The van der Waals surface area contributed by atoms with Crippen LogP contribution in [0.2, 0.25) is 0 Å². The van der Waals surface area contributed by atoms with E-state index in [1.807, 2.05) is 72.8 Å². The Morgan fingerprint density at radius 3 is 0.724 bits per heavy atom. The first-order chi connectivity index (χ1) is 36.7. The molecule has 0 aromatic heterocycles. The van der Waals surface area contributed by atoms with E-state index in [2.05, 4.69) is 21.3 Å². The predicted octanol–water partition coefficient (Wildman–Crippen LogP) is 12.6. The highest BCUT2D eigenvalue weighted by Crippen LogP contribution is 2.61. The van der Waals surface area contributed by atoms with Crippen molar-refractivity contribution in [2.75, 3.05) is 49.7 Å². The number of hydrogen-bond donors (Lipinski definition) is 4. The number of nitrogens with one attached hydrogen (secondary N) is 4. The van der Waals surface area contributed by atoms with Crippen molar-refractivity contribution in [2.45, 2.75) is 23.7 Å². The van der Waals surface area contributed by atoms with Gasteiger partial charge in [0, 0.05) is 46.4 Å². The van der Waals surface area contributed by atoms with Crippen molar-refractivity contribution in [2.24, 2.45) is 0 Å². The Kier molecular flexibility index (Phi) is 9.99. The number of rotatable bonds is 8. The maximum Gasteiger partial charge on any atom is 0.299 e. The summed E-state index contributed by atoms with van der Waals surface area (Å²) in [5.41, 5.74) is 10.6. The van der Waals surface area contributed by atoms with E-state index in [0.29, 0.717) is 45.7 Å². The van der Waals surface area contributed by atoms with Gasteiger partial charge in [-0.05, 0) is 152 Å². The Morgan fingerprint density at radius 2 is 0.513 bits per heavy atom. The van der Waals surface area contributed by atoms with Gasteiger partial charge in [0.25, 0.3) is 22.7 Å². The molecule has 0 spiro atoms. The van der Waals surface area contributed by atoms with E-state index in [1.54, 1.807) is 52.7 Å². The minimum absolute atomic E-state index is 0.00262. The lowest BCUT2D eigenvalue weighted by molar-refractivity contribution is -0.393. The quantitative estimate of drug-likeness (QED) is 0.0815. The van der Waals surface area contributed by atoms with Crippen LogP contribution in [0.5, 0.6) is 23.0 Å². The average molecular weight is 1020 g/mol. The van der Waals surface area contributed by atoms with Crippen molar-refractivity contribution in [3.05, 3.63) is 229 Å². The van der Waals surface area contributed by atoms with Crippen LogP contribution >= 0.6 is 0 Å². The van der Waals surface area contributed by atoms with Gasteiger partial charge in [0.1, 0.15) is 22.7 Å². The van der Waals surface area contributed by atoms with Crippen molar-refractivity contribution < 1.29 is 38.6 Å². The lowest BCUT2D eigenvalue weighted by Crippen LogP contribution is -2.28. The van der Waals surface area contributed by atoms with E-state index in [4.69, 9.17) is 18.9 Å². The zero-order chi connectivity index (χ0) is 52.6. The maximum absolute atomic E-state index is 12.8. The lowest BCUT2D eigenvalue weighted by atomic mass is 9.61.